The summed E-state index contributed by atoms with van der Waals surface area (Å²) in [5.74, 6) is -2.04. The van der Waals surface area contributed by atoms with Gasteiger partial charge in [-0.05, 0) is 49.6 Å². The number of carbonyl (C=O) groups excluding carboxylic acids is 2. The molecule has 27 heavy (non-hydrogen) atoms. The molecule has 140 valence electrons. The lowest BCUT2D eigenvalue weighted by Crippen LogP contribution is -2.55. The number of amides is 2. The number of hydrogen-bond donors (Lipinski definition) is 1. The van der Waals surface area contributed by atoms with Gasteiger partial charge in [-0.1, -0.05) is 0 Å². The summed E-state index contributed by atoms with van der Waals surface area (Å²) in [5, 5.41) is 2.50. The van der Waals surface area contributed by atoms with Crippen molar-refractivity contribution < 1.29 is 18.4 Å². The summed E-state index contributed by atoms with van der Waals surface area (Å²) >= 11 is 0. The summed E-state index contributed by atoms with van der Waals surface area (Å²) in [6, 6.07) is 7.69. The van der Waals surface area contributed by atoms with Gasteiger partial charge < -0.3 is 15.1 Å². The van der Waals surface area contributed by atoms with E-state index < -0.39 is 17.5 Å². The van der Waals surface area contributed by atoms with E-state index in [2.05, 4.69) is 5.32 Å². The van der Waals surface area contributed by atoms with E-state index in [-0.39, 0.29) is 17.8 Å². The molecular weight excluding hydrogens is 352 g/mol. The monoisotopic (exact) mass is 371 g/mol. The van der Waals surface area contributed by atoms with Crippen molar-refractivity contribution in [1.82, 2.24) is 4.90 Å². The van der Waals surface area contributed by atoms with Gasteiger partial charge in [0.05, 0.1) is 11.3 Å². The Morgan fingerprint density at radius 3 is 2.59 bits per heavy atom. The number of piperidine rings is 1. The molecule has 1 saturated heterocycles. The third-order valence-corrected chi connectivity index (χ3v) is 5.17. The topological polar surface area (TPSA) is 52.7 Å². The number of fused-ring (bicyclic) bond motifs is 2. The summed E-state index contributed by atoms with van der Waals surface area (Å²) in [6.07, 6.45) is 2.94. The number of anilines is 2. The fraction of sp³-hybridized carbons (Fsp3) is 0.300. The van der Waals surface area contributed by atoms with E-state index >= 15 is 0 Å². The Hall–Kier alpha value is -2.96. The largest absolute Gasteiger partial charge is 0.354 e. The van der Waals surface area contributed by atoms with Crippen LogP contribution in [0.4, 0.5) is 20.2 Å². The van der Waals surface area contributed by atoms with E-state index in [1.54, 1.807) is 18.2 Å². The Kier molecular flexibility index (Phi) is 4.30. The Morgan fingerprint density at radius 1 is 1.11 bits per heavy atom. The highest BCUT2D eigenvalue weighted by Gasteiger charge is 2.37. The molecule has 0 bridgehead atoms. The molecule has 0 radical (unpaired) electrons. The summed E-state index contributed by atoms with van der Waals surface area (Å²) in [7, 11) is 1.91. The Bertz CT molecular complexity index is 911. The molecule has 2 aliphatic heterocycles. The Morgan fingerprint density at radius 2 is 1.85 bits per heavy atom. The Labute approximate surface area is 155 Å². The zero-order valence-corrected chi connectivity index (χ0v) is 14.8. The van der Waals surface area contributed by atoms with Crippen LogP contribution in [-0.4, -0.2) is 36.5 Å². The van der Waals surface area contributed by atoms with Crippen LogP contribution in [0.1, 0.15) is 40.0 Å². The van der Waals surface area contributed by atoms with Crippen LogP contribution in [0.5, 0.6) is 0 Å². The maximum atomic E-state index is 13.3. The summed E-state index contributed by atoms with van der Waals surface area (Å²) in [5.41, 5.74) is 1.62. The number of nitrogens with one attached hydrogen (secondary N) is 1. The summed E-state index contributed by atoms with van der Waals surface area (Å²) < 4.78 is 26.6. The smallest absolute Gasteiger partial charge is 0.257 e. The fourth-order valence-corrected chi connectivity index (χ4v) is 3.84. The molecule has 2 aliphatic rings. The molecule has 4 rings (SSSR count). The second kappa shape index (κ2) is 6.64. The summed E-state index contributed by atoms with van der Waals surface area (Å²) in [6.45, 7) is 0.737. The average Bonchev–Trinajstić information content (AvgIpc) is 2.65. The molecule has 1 atom stereocenters. The van der Waals surface area contributed by atoms with Crippen molar-refractivity contribution in [3.63, 3.8) is 0 Å². The van der Waals surface area contributed by atoms with Crippen molar-refractivity contribution in [2.45, 2.75) is 25.4 Å². The first-order valence-corrected chi connectivity index (χ1v) is 8.89. The highest BCUT2D eigenvalue weighted by molar-refractivity contribution is 6.08. The van der Waals surface area contributed by atoms with Crippen LogP contribution in [0, 0.1) is 11.6 Å². The molecule has 0 aromatic heterocycles. The number of hydrogen-bond acceptors (Lipinski definition) is 3. The van der Waals surface area contributed by atoms with Gasteiger partial charge in [0.1, 0.15) is 17.8 Å². The van der Waals surface area contributed by atoms with Crippen molar-refractivity contribution in [2.24, 2.45) is 0 Å². The first-order valence-electron chi connectivity index (χ1n) is 8.89. The van der Waals surface area contributed by atoms with Crippen molar-refractivity contribution in [3.05, 3.63) is 59.2 Å². The second-order valence-electron chi connectivity index (χ2n) is 6.93. The molecule has 2 heterocycles. The molecular formula is C20H19F2N3O2. The van der Waals surface area contributed by atoms with Crippen LogP contribution in [0.15, 0.2) is 36.4 Å². The van der Waals surface area contributed by atoms with Crippen molar-refractivity contribution in [2.75, 3.05) is 23.8 Å². The minimum Gasteiger partial charge on any atom is -0.354 e. The SMILES string of the molecule is CN1c2cc(C(=O)Nc3cc(F)cc(F)c3)ccc2C(=O)N2CCCCC21. The first-order chi connectivity index (χ1) is 12.9. The maximum absolute atomic E-state index is 13.3. The second-order valence-corrected chi connectivity index (χ2v) is 6.93. The van der Waals surface area contributed by atoms with Gasteiger partial charge in [-0.15, -0.1) is 0 Å². The van der Waals surface area contributed by atoms with Gasteiger partial charge in [0.15, 0.2) is 0 Å². The van der Waals surface area contributed by atoms with Gasteiger partial charge in [-0.25, -0.2) is 8.78 Å². The number of nitrogens with zero attached hydrogens (tertiary/aromatic N) is 2. The minimum atomic E-state index is -0.765. The number of halogens is 2. The molecule has 2 aromatic rings. The lowest BCUT2D eigenvalue weighted by atomic mass is 9.97. The van der Waals surface area contributed by atoms with Crippen LogP contribution in [0.25, 0.3) is 0 Å². The zero-order valence-electron chi connectivity index (χ0n) is 14.8. The molecule has 2 amide bonds. The summed E-state index contributed by atoms with van der Waals surface area (Å²) in [4.78, 5) is 29.2. The van der Waals surface area contributed by atoms with Crippen molar-refractivity contribution >= 4 is 23.2 Å². The molecule has 1 N–H and O–H groups in total. The molecule has 0 spiro atoms. The van der Waals surface area contributed by atoms with E-state index in [9.17, 15) is 18.4 Å². The van der Waals surface area contributed by atoms with E-state index in [0.717, 1.165) is 44.0 Å². The normalized spacial score (nSPS) is 18.8. The van der Waals surface area contributed by atoms with Gasteiger partial charge >= 0.3 is 0 Å². The molecule has 0 saturated carbocycles. The van der Waals surface area contributed by atoms with Gasteiger partial charge in [0, 0.05) is 30.9 Å². The first kappa shape index (κ1) is 17.5. The molecule has 1 fully saturated rings. The van der Waals surface area contributed by atoms with Gasteiger partial charge in [-0.3, -0.25) is 9.59 Å². The molecule has 7 heteroatoms. The van der Waals surface area contributed by atoms with E-state index in [1.165, 1.54) is 0 Å². The quantitative estimate of drug-likeness (QED) is 0.877. The molecule has 1 unspecified atom stereocenters. The highest BCUT2D eigenvalue weighted by Crippen LogP contribution is 2.34. The van der Waals surface area contributed by atoms with E-state index in [0.29, 0.717) is 16.8 Å². The molecule has 2 aromatic carbocycles. The predicted octanol–water partition coefficient (Wildman–Crippen LogP) is 3.62. The standard InChI is InChI=1S/C20H19F2N3O2/c1-24-17-8-12(19(26)23-15-10-13(21)9-14(22)11-15)5-6-16(17)20(27)25-7-3-2-4-18(24)25/h5-6,8-11,18H,2-4,7H2,1H3,(H,23,26). The molecule has 5 nitrogen and oxygen atoms in total. The Balaban J connectivity index is 1.63. The maximum Gasteiger partial charge on any atom is 0.257 e. The number of rotatable bonds is 2. The lowest BCUT2D eigenvalue weighted by Gasteiger charge is -2.46. The van der Waals surface area contributed by atoms with Crippen molar-refractivity contribution in [1.29, 1.82) is 0 Å². The lowest BCUT2D eigenvalue weighted by molar-refractivity contribution is 0.0589. The van der Waals surface area contributed by atoms with Gasteiger partial charge in [-0.2, -0.15) is 0 Å². The van der Waals surface area contributed by atoms with Gasteiger partial charge in [0.2, 0.25) is 0 Å². The predicted molar refractivity (Wildman–Crippen MR) is 97.8 cm³/mol. The van der Waals surface area contributed by atoms with E-state index in [4.69, 9.17) is 0 Å². The zero-order chi connectivity index (χ0) is 19.1. The number of carbonyl (C=O) groups is 2. The van der Waals surface area contributed by atoms with Crippen LogP contribution in [-0.2, 0) is 0 Å². The van der Waals surface area contributed by atoms with Gasteiger partial charge in [0.25, 0.3) is 11.8 Å². The third-order valence-electron chi connectivity index (χ3n) is 5.17. The highest BCUT2D eigenvalue weighted by atomic mass is 19.1. The van der Waals surface area contributed by atoms with E-state index in [1.807, 2.05) is 16.8 Å². The number of benzene rings is 2. The molecule has 0 aliphatic carbocycles. The minimum absolute atomic E-state index is 0.00521. The fourth-order valence-electron chi connectivity index (χ4n) is 3.84. The van der Waals surface area contributed by atoms with Crippen LogP contribution in [0.2, 0.25) is 0 Å². The van der Waals surface area contributed by atoms with Crippen LogP contribution >= 0.6 is 0 Å². The van der Waals surface area contributed by atoms with Crippen LogP contribution < -0.4 is 10.2 Å². The third kappa shape index (κ3) is 3.13. The van der Waals surface area contributed by atoms with Crippen molar-refractivity contribution in [3.8, 4) is 0 Å². The average molecular weight is 371 g/mol. The van der Waals surface area contributed by atoms with Crippen LogP contribution in [0.3, 0.4) is 0 Å².